The Bertz CT molecular complexity index is 505. The first-order valence-corrected chi connectivity index (χ1v) is 7.90. The van der Waals surface area contributed by atoms with Gasteiger partial charge in [-0.15, -0.1) is 11.6 Å². The summed E-state index contributed by atoms with van der Waals surface area (Å²) >= 11 is 5.68. The minimum absolute atomic E-state index is 0.289. The fourth-order valence-electron chi connectivity index (χ4n) is 1.95. The van der Waals surface area contributed by atoms with Gasteiger partial charge in [-0.2, -0.15) is 9.40 Å². The fourth-order valence-corrected chi connectivity index (χ4v) is 4.19. The van der Waals surface area contributed by atoms with Crippen LogP contribution in [0.4, 0.5) is 0 Å². The van der Waals surface area contributed by atoms with Crippen LogP contribution in [0.15, 0.2) is 4.90 Å². The van der Waals surface area contributed by atoms with Crippen LogP contribution in [-0.2, 0) is 17.1 Å². The summed E-state index contributed by atoms with van der Waals surface area (Å²) in [4.78, 5) is 0.309. The second-order valence-electron chi connectivity index (χ2n) is 4.22. The summed E-state index contributed by atoms with van der Waals surface area (Å²) in [6.07, 6.45) is 0.758. The van der Waals surface area contributed by atoms with Crippen molar-refractivity contribution in [3.8, 4) is 0 Å². The summed E-state index contributed by atoms with van der Waals surface area (Å²) < 4.78 is 28.2. The zero-order valence-electron chi connectivity index (χ0n) is 11.3. The summed E-state index contributed by atoms with van der Waals surface area (Å²) in [5, 5.41) is 4.16. The molecule has 104 valence electrons. The number of aromatic nitrogens is 2. The molecule has 1 rings (SSSR count). The van der Waals surface area contributed by atoms with Gasteiger partial charge in [-0.25, -0.2) is 8.42 Å². The van der Waals surface area contributed by atoms with Crippen molar-refractivity contribution in [1.29, 1.82) is 0 Å². The molecule has 0 fully saturated rings. The number of aryl methyl sites for hydroxylation is 2. The Morgan fingerprint density at radius 3 is 2.33 bits per heavy atom. The Morgan fingerprint density at radius 2 is 1.94 bits per heavy atom. The van der Waals surface area contributed by atoms with Crippen molar-refractivity contribution in [2.75, 3.05) is 19.0 Å². The van der Waals surface area contributed by atoms with Crippen LogP contribution in [0.25, 0.3) is 0 Å². The molecule has 0 bridgehead atoms. The van der Waals surface area contributed by atoms with Crippen LogP contribution in [0, 0.1) is 13.8 Å². The highest BCUT2D eigenvalue weighted by atomic mass is 35.5. The maximum absolute atomic E-state index is 12.6. The van der Waals surface area contributed by atoms with Gasteiger partial charge in [0.15, 0.2) is 0 Å². The first-order valence-electron chi connectivity index (χ1n) is 5.92. The molecule has 0 amide bonds. The molecular weight excluding hydrogens is 274 g/mol. The third-order valence-corrected chi connectivity index (χ3v) is 5.17. The zero-order valence-corrected chi connectivity index (χ0v) is 12.8. The van der Waals surface area contributed by atoms with Gasteiger partial charge < -0.3 is 0 Å². The molecule has 0 unspecified atom stereocenters. The number of rotatable bonds is 6. The van der Waals surface area contributed by atoms with Crippen LogP contribution >= 0.6 is 11.6 Å². The summed E-state index contributed by atoms with van der Waals surface area (Å²) in [6.45, 7) is 6.22. The molecule has 0 aliphatic heterocycles. The number of hydrogen-bond acceptors (Lipinski definition) is 3. The topological polar surface area (TPSA) is 55.2 Å². The molecule has 5 nitrogen and oxygen atoms in total. The molecule has 0 aliphatic carbocycles. The predicted molar refractivity (Wildman–Crippen MR) is 72.5 cm³/mol. The molecule has 1 aromatic heterocycles. The van der Waals surface area contributed by atoms with Crippen molar-refractivity contribution in [3.05, 3.63) is 11.4 Å². The number of alkyl halides is 1. The molecule has 1 heterocycles. The molecular formula is C11H20ClN3O2S. The maximum Gasteiger partial charge on any atom is 0.246 e. The SMILES string of the molecule is CCCN(CCCl)S(=O)(=O)c1c(C)nn(C)c1C. The second-order valence-corrected chi connectivity index (χ2v) is 6.47. The fraction of sp³-hybridized carbons (Fsp3) is 0.727. The maximum atomic E-state index is 12.6. The first kappa shape index (κ1) is 15.5. The normalized spacial score (nSPS) is 12.3. The molecule has 0 spiro atoms. The van der Waals surface area contributed by atoms with Crippen molar-refractivity contribution in [2.24, 2.45) is 7.05 Å². The lowest BCUT2D eigenvalue weighted by Gasteiger charge is -2.20. The first-order chi connectivity index (χ1) is 8.36. The van der Waals surface area contributed by atoms with Gasteiger partial charge in [-0.05, 0) is 20.3 Å². The van der Waals surface area contributed by atoms with E-state index in [1.54, 1.807) is 25.6 Å². The van der Waals surface area contributed by atoms with Crippen LogP contribution in [0.5, 0.6) is 0 Å². The largest absolute Gasteiger partial charge is 0.271 e. The van der Waals surface area contributed by atoms with Crippen LogP contribution in [0.2, 0.25) is 0 Å². The van der Waals surface area contributed by atoms with Gasteiger partial charge in [0.1, 0.15) is 4.90 Å². The van der Waals surface area contributed by atoms with Gasteiger partial charge in [0.25, 0.3) is 0 Å². The minimum Gasteiger partial charge on any atom is -0.271 e. The molecule has 0 saturated carbocycles. The van der Waals surface area contributed by atoms with Crippen LogP contribution in [0.3, 0.4) is 0 Å². The monoisotopic (exact) mass is 293 g/mol. The molecule has 18 heavy (non-hydrogen) atoms. The molecule has 0 aliphatic rings. The minimum atomic E-state index is -3.50. The molecule has 1 aromatic rings. The van der Waals surface area contributed by atoms with Crippen molar-refractivity contribution < 1.29 is 8.42 Å². The van der Waals surface area contributed by atoms with Gasteiger partial charge in [-0.1, -0.05) is 6.92 Å². The Kier molecular flexibility index (Phi) is 5.19. The standard InChI is InChI=1S/C11H20ClN3O2S/c1-5-7-15(8-6-12)18(16,17)11-9(2)13-14(4)10(11)3/h5-8H2,1-4H3. The quantitative estimate of drug-likeness (QED) is 0.750. The summed E-state index contributed by atoms with van der Waals surface area (Å²) in [6, 6.07) is 0. The van der Waals surface area contributed by atoms with Gasteiger partial charge in [-0.3, -0.25) is 4.68 Å². The highest BCUT2D eigenvalue weighted by Gasteiger charge is 2.29. The Balaban J connectivity index is 3.26. The van der Waals surface area contributed by atoms with E-state index in [2.05, 4.69) is 5.10 Å². The van der Waals surface area contributed by atoms with Crippen LogP contribution < -0.4 is 0 Å². The van der Waals surface area contributed by atoms with E-state index in [-0.39, 0.29) is 5.88 Å². The van der Waals surface area contributed by atoms with E-state index in [0.717, 1.165) is 6.42 Å². The van der Waals surface area contributed by atoms with Crippen molar-refractivity contribution >= 4 is 21.6 Å². The van der Waals surface area contributed by atoms with E-state index in [4.69, 9.17) is 11.6 Å². The third-order valence-electron chi connectivity index (χ3n) is 2.85. The summed E-state index contributed by atoms with van der Waals surface area (Å²) in [5.41, 5.74) is 1.19. The van der Waals surface area contributed by atoms with E-state index in [1.165, 1.54) is 4.31 Å². The van der Waals surface area contributed by atoms with Gasteiger partial charge in [0.2, 0.25) is 10.0 Å². The molecule has 7 heteroatoms. The lowest BCUT2D eigenvalue weighted by atomic mass is 10.4. The summed E-state index contributed by atoms with van der Waals surface area (Å²) in [5.74, 6) is 0.289. The average Bonchev–Trinajstić information content (AvgIpc) is 2.53. The van der Waals surface area contributed by atoms with Gasteiger partial charge >= 0.3 is 0 Å². The molecule has 0 N–H and O–H groups in total. The Hall–Kier alpha value is -0.590. The zero-order chi connectivity index (χ0) is 13.9. The Labute approximate surface area is 114 Å². The molecule has 0 saturated heterocycles. The Morgan fingerprint density at radius 1 is 1.33 bits per heavy atom. The number of sulfonamides is 1. The van der Waals surface area contributed by atoms with E-state index < -0.39 is 10.0 Å². The van der Waals surface area contributed by atoms with Gasteiger partial charge in [0, 0.05) is 26.0 Å². The van der Waals surface area contributed by atoms with Crippen LogP contribution in [0.1, 0.15) is 24.7 Å². The van der Waals surface area contributed by atoms with Crippen molar-refractivity contribution in [3.63, 3.8) is 0 Å². The molecule has 0 atom stereocenters. The average molecular weight is 294 g/mol. The highest BCUT2D eigenvalue weighted by molar-refractivity contribution is 7.89. The number of hydrogen-bond donors (Lipinski definition) is 0. The molecule has 0 radical (unpaired) electrons. The van der Waals surface area contributed by atoms with Crippen molar-refractivity contribution in [2.45, 2.75) is 32.1 Å². The number of halogens is 1. The van der Waals surface area contributed by atoms with E-state index in [1.807, 2.05) is 6.92 Å². The third kappa shape index (κ3) is 2.87. The van der Waals surface area contributed by atoms with E-state index in [0.29, 0.717) is 29.4 Å². The second kappa shape index (κ2) is 6.04. The lowest BCUT2D eigenvalue weighted by Crippen LogP contribution is -2.34. The van der Waals surface area contributed by atoms with Crippen LogP contribution in [-0.4, -0.2) is 41.5 Å². The predicted octanol–water partition coefficient (Wildman–Crippen LogP) is 1.68. The smallest absolute Gasteiger partial charge is 0.246 e. The lowest BCUT2D eigenvalue weighted by molar-refractivity contribution is 0.428. The highest BCUT2D eigenvalue weighted by Crippen LogP contribution is 2.23. The molecule has 0 aromatic carbocycles. The number of nitrogens with zero attached hydrogens (tertiary/aromatic N) is 3. The van der Waals surface area contributed by atoms with Gasteiger partial charge in [0.05, 0.1) is 11.4 Å². The summed E-state index contributed by atoms with van der Waals surface area (Å²) in [7, 11) is -1.76. The van der Waals surface area contributed by atoms with E-state index >= 15 is 0 Å². The van der Waals surface area contributed by atoms with E-state index in [9.17, 15) is 8.42 Å². The van der Waals surface area contributed by atoms with Crippen molar-refractivity contribution in [1.82, 2.24) is 14.1 Å².